The topological polar surface area (TPSA) is 77.5 Å². The van der Waals surface area contributed by atoms with Crippen LogP contribution in [0.1, 0.15) is 63.0 Å². The van der Waals surface area contributed by atoms with Gasteiger partial charge in [0.1, 0.15) is 5.60 Å². The lowest BCUT2D eigenvalue weighted by molar-refractivity contribution is -0.138. The number of rotatable bonds is 4. The Balaban J connectivity index is 0.000000351. The van der Waals surface area contributed by atoms with Crippen molar-refractivity contribution in [3.05, 3.63) is 16.1 Å². The Hall–Kier alpha value is -1.47. The highest BCUT2D eigenvalue weighted by Gasteiger charge is 2.32. The summed E-state index contributed by atoms with van der Waals surface area (Å²) < 4.78 is 9.50. The number of nitrogens with one attached hydrogen (secondary N) is 1. The fraction of sp³-hybridized carbons (Fsp3) is 0.706. The molecular formula is C17H28N2O4S. The van der Waals surface area contributed by atoms with Gasteiger partial charge in [0.15, 0.2) is 5.69 Å². The van der Waals surface area contributed by atoms with Crippen molar-refractivity contribution in [3.63, 3.8) is 0 Å². The standard InChI is InChI=1S/C12H18N2O2S.C5H10O2/c1-3-16-10(15)9-8-17-11(14-9)12(2)4-6-13-7-5-12;1-5(2,3)7-4-6/h8,13H,3-7H2,1-2H3;4H,1-3H3. The molecule has 1 aromatic rings. The van der Waals surface area contributed by atoms with Gasteiger partial charge < -0.3 is 14.8 Å². The average molecular weight is 356 g/mol. The van der Waals surface area contributed by atoms with Crippen LogP contribution < -0.4 is 5.32 Å². The van der Waals surface area contributed by atoms with Gasteiger partial charge in [-0.3, -0.25) is 4.79 Å². The van der Waals surface area contributed by atoms with E-state index in [-0.39, 0.29) is 17.0 Å². The fourth-order valence-corrected chi connectivity index (χ4v) is 3.20. The molecule has 2 rings (SSSR count). The third-order valence-corrected chi connectivity index (χ3v) is 4.76. The zero-order valence-corrected chi connectivity index (χ0v) is 16.0. The molecule has 1 aromatic heterocycles. The Morgan fingerprint density at radius 3 is 2.50 bits per heavy atom. The van der Waals surface area contributed by atoms with Crippen molar-refractivity contribution in [1.82, 2.24) is 10.3 Å². The average Bonchev–Trinajstić information content (AvgIpc) is 2.98. The smallest absolute Gasteiger partial charge is 0.357 e. The minimum Gasteiger partial charge on any atom is -0.462 e. The molecule has 0 spiro atoms. The van der Waals surface area contributed by atoms with E-state index in [4.69, 9.17) is 4.74 Å². The first-order valence-corrected chi connectivity index (χ1v) is 9.05. The SMILES string of the molecule is CC(C)(C)OC=O.CCOC(=O)c1csc(C2(C)CCNCC2)n1. The van der Waals surface area contributed by atoms with Crippen LogP contribution in [0.2, 0.25) is 0 Å². The molecule has 0 unspecified atom stereocenters. The van der Waals surface area contributed by atoms with Crippen molar-refractivity contribution >= 4 is 23.8 Å². The molecule has 0 bridgehead atoms. The van der Waals surface area contributed by atoms with Crippen LogP contribution in [-0.2, 0) is 19.7 Å². The van der Waals surface area contributed by atoms with Crippen LogP contribution in [0, 0.1) is 0 Å². The highest BCUT2D eigenvalue weighted by atomic mass is 32.1. The summed E-state index contributed by atoms with van der Waals surface area (Å²) in [6.45, 7) is 12.4. The highest BCUT2D eigenvalue weighted by molar-refractivity contribution is 7.10. The van der Waals surface area contributed by atoms with Crippen molar-refractivity contribution in [2.45, 2.75) is 58.5 Å². The maximum Gasteiger partial charge on any atom is 0.357 e. The van der Waals surface area contributed by atoms with E-state index in [1.165, 1.54) is 0 Å². The van der Waals surface area contributed by atoms with Crippen molar-refractivity contribution in [3.8, 4) is 0 Å². The number of nitrogens with zero attached hydrogens (tertiary/aromatic N) is 1. The number of thiazole rings is 1. The lowest BCUT2D eigenvalue weighted by Crippen LogP contribution is -2.37. The molecule has 0 aromatic carbocycles. The summed E-state index contributed by atoms with van der Waals surface area (Å²) in [6, 6.07) is 0. The minimum atomic E-state index is -0.318. The predicted molar refractivity (Wildman–Crippen MR) is 94.4 cm³/mol. The van der Waals surface area contributed by atoms with E-state index in [0.29, 0.717) is 18.8 Å². The summed E-state index contributed by atoms with van der Waals surface area (Å²) in [5, 5.41) is 6.21. The quantitative estimate of drug-likeness (QED) is 0.660. The number of hydrogen-bond donors (Lipinski definition) is 1. The summed E-state index contributed by atoms with van der Waals surface area (Å²) in [6.07, 6.45) is 2.14. The van der Waals surface area contributed by atoms with Gasteiger partial charge in [-0.25, -0.2) is 9.78 Å². The van der Waals surface area contributed by atoms with Gasteiger partial charge in [0.2, 0.25) is 0 Å². The number of ether oxygens (including phenoxy) is 2. The minimum absolute atomic E-state index is 0.112. The molecule has 1 fully saturated rings. The third-order valence-electron chi connectivity index (χ3n) is 3.61. The second-order valence-electron chi connectivity index (χ2n) is 6.90. The Labute approximate surface area is 148 Å². The van der Waals surface area contributed by atoms with Crippen LogP contribution in [0.5, 0.6) is 0 Å². The fourth-order valence-electron chi connectivity index (χ4n) is 2.19. The van der Waals surface area contributed by atoms with Crippen LogP contribution >= 0.6 is 11.3 Å². The summed E-state index contributed by atoms with van der Waals surface area (Å²) >= 11 is 1.57. The molecule has 0 aliphatic carbocycles. The predicted octanol–water partition coefficient (Wildman–Crippen LogP) is 2.92. The van der Waals surface area contributed by atoms with Gasteiger partial charge in [-0.2, -0.15) is 0 Å². The molecule has 0 atom stereocenters. The van der Waals surface area contributed by atoms with Crippen LogP contribution in [0.4, 0.5) is 0 Å². The first-order valence-electron chi connectivity index (χ1n) is 8.17. The molecule has 1 aliphatic rings. The Kier molecular flexibility index (Phi) is 7.83. The van der Waals surface area contributed by atoms with E-state index in [9.17, 15) is 9.59 Å². The van der Waals surface area contributed by atoms with E-state index in [1.54, 1.807) is 23.6 Å². The molecule has 0 amide bonds. The van der Waals surface area contributed by atoms with E-state index in [2.05, 4.69) is 22.0 Å². The molecule has 0 saturated carbocycles. The Morgan fingerprint density at radius 1 is 1.42 bits per heavy atom. The largest absolute Gasteiger partial charge is 0.462 e. The van der Waals surface area contributed by atoms with Crippen molar-refractivity contribution in [2.24, 2.45) is 0 Å². The van der Waals surface area contributed by atoms with Gasteiger partial charge in [-0.05, 0) is 53.6 Å². The zero-order valence-electron chi connectivity index (χ0n) is 15.2. The van der Waals surface area contributed by atoms with Crippen LogP contribution in [0.3, 0.4) is 0 Å². The van der Waals surface area contributed by atoms with Gasteiger partial charge in [0.05, 0.1) is 11.6 Å². The van der Waals surface area contributed by atoms with Gasteiger partial charge in [-0.15, -0.1) is 11.3 Å². The van der Waals surface area contributed by atoms with Crippen LogP contribution in [0.15, 0.2) is 5.38 Å². The molecular weight excluding hydrogens is 328 g/mol. The van der Waals surface area contributed by atoms with Crippen molar-refractivity contribution in [1.29, 1.82) is 0 Å². The zero-order chi connectivity index (χ0) is 18.2. The number of aromatic nitrogens is 1. The number of esters is 1. The van der Waals surface area contributed by atoms with Gasteiger partial charge in [0.25, 0.3) is 6.47 Å². The van der Waals surface area contributed by atoms with Crippen molar-refractivity contribution < 1.29 is 19.1 Å². The first kappa shape index (κ1) is 20.6. The highest BCUT2D eigenvalue weighted by Crippen LogP contribution is 2.34. The monoisotopic (exact) mass is 356 g/mol. The second kappa shape index (κ2) is 9.13. The maximum atomic E-state index is 11.6. The molecule has 0 radical (unpaired) electrons. The van der Waals surface area contributed by atoms with Gasteiger partial charge >= 0.3 is 5.97 Å². The number of carbonyl (C=O) groups excluding carboxylic acids is 2. The first-order chi connectivity index (χ1) is 11.2. The number of carbonyl (C=O) groups is 2. The van der Waals surface area contributed by atoms with Gasteiger partial charge in [0, 0.05) is 10.8 Å². The summed E-state index contributed by atoms with van der Waals surface area (Å²) in [7, 11) is 0. The molecule has 1 saturated heterocycles. The Bertz CT molecular complexity index is 531. The molecule has 6 nitrogen and oxygen atoms in total. The summed E-state index contributed by atoms with van der Waals surface area (Å²) in [5.41, 5.74) is 0.245. The van der Waals surface area contributed by atoms with Gasteiger partial charge in [-0.1, -0.05) is 6.92 Å². The number of hydrogen-bond acceptors (Lipinski definition) is 7. The molecule has 1 N–H and O–H groups in total. The normalized spacial score (nSPS) is 16.5. The molecule has 7 heteroatoms. The number of piperidine rings is 1. The summed E-state index contributed by atoms with van der Waals surface area (Å²) in [4.78, 5) is 25.6. The lowest BCUT2D eigenvalue weighted by Gasteiger charge is -2.31. The molecule has 1 aliphatic heterocycles. The molecule has 24 heavy (non-hydrogen) atoms. The third kappa shape index (κ3) is 6.57. The van der Waals surface area contributed by atoms with Crippen LogP contribution in [-0.4, -0.2) is 42.7 Å². The van der Waals surface area contributed by atoms with E-state index in [0.717, 1.165) is 30.9 Å². The lowest BCUT2D eigenvalue weighted by atomic mass is 9.82. The Morgan fingerprint density at radius 2 is 2.04 bits per heavy atom. The van der Waals surface area contributed by atoms with E-state index in [1.807, 2.05) is 20.8 Å². The van der Waals surface area contributed by atoms with Crippen molar-refractivity contribution in [2.75, 3.05) is 19.7 Å². The van der Waals surface area contributed by atoms with E-state index >= 15 is 0 Å². The summed E-state index contributed by atoms with van der Waals surface area (Å²) in [5.74, 6) is -0.312. The maximum absolute atomic E-state index is 11.6. The molecule has 2 heterocycles. The van der Waals surface area contributed by atoms with E-state index < -0.39 is 0 Å². The molecule has 136 valence electrons. The second-order valence-corrected chi connectivity index (χ2v) is 7.75. The van der Waals surface area contributed by atoms with Crippen LogP contribution in [0.25, 0.3) is 0 Å².